The van der Waals surface area contributed by atoms with Gasteiger partial charge in [-0.1, -0.05) is 32.3 Å². The Balaban J connectivity index is 1.89. The summed E-state index contributed by atoms with van der Waals surface area (Å²) in [4.78, 5) is 4.27. The molecule has 2 aromatic rings. The molecular formula is C18H24FN3OS. The van der Waals surface area contributed by atoms with Crippen LogP contribution in [0, 0.1) is 12.7 Å². The number of hydrazone groups is 1. The number of hydrogen-bond donors (Lipinski definition) is 1. The van der Waals surface area contributed by atoms with Gasteiger partial charge in [0, 0.05) is 17.6 Å². The van der Waals surface area contributed by atoms with E-state index in [1.165, 1.54) is 42.7 Å². The van der Waals surface area contributed by atoms with Gasteiger partial charge in [-0.05, 0) is 31.0 Å². The van der Waals surface area contributed by atoms with Crippen LogP contribution in [0.3, 0.4) is 0 Å². The van der Waals surface area contributed by atoms with Crippen molar-refractivity contribution < 1.29 is 9.13 Å². The van der Waals surface area contributed by atoms with Crippen LogP contribution in [-0.2, 0) is 11.3 Å². The number of thiazole rings is 1. The topological polar surface area (TPSA) is 46.5 Å². The summed E-state index contributed by atoms with van der Waals surface area (Å²) in [5.41, 5.74) is 5.48. The third-order valence-corrected chi connectivity index (χ3v) is 4.35. The van der Waals surface area contributed by atoms with Crippen molar-refractivity contribution in [2.75, 3.05) is 12.0 Å². The van der Waals surface area contributed by atoms with Crippen LogP contribution in [0.4, 0.5) is 9.52 Å². The fourth-order valence-electron chi connectivity index (χ4n) is 2.20. The first-order chi connectivity index (χ1) is 11.7. The first kappa shape index (κ1) is 18.5. The highest BCUT2D eigenvalue weighted by atomic mass is 32.1. The van der Waals surface area contributed by atoms with Crippen LogP contribution in [0.5, 0.6) is 0 Å². The quantitative estimate of drug-likeness (QED) is 0.367. The van der Waals surface area contributed by atoms with Crippen molar-refractivity contribution in [3.8, 4) is 0 Å². The predicted molar refractivity (Wildman–Crippen MR) is 98.3 cm³/mol. The number of rotatable bonds is 10. The standard InChI is InChI=1S/C18H24FN3OS/c1-3-4-5-6-9-23-12-16-10-17(19)8-7-15(16)11-20-22-18-21-14(2)13-24-18/h7-8,10-11,13H,3-6,9,12H2,1-2H3,(H,21,22). The number of anilines is 1. The molecule has 1 heterocycles. The predicted octanol–water partition coefficient (Wildman–Crippen LogP) is 5.13. The van der Waals surface area contributed by atoms with Crippen molar-refractivity contribution in [3.63, 3.8) is 0 Å². The average Bonchev–Trinajstić information content (AvgIpc) is 2.98. The summed E-state index contributed by atoms with van der Waals surface area (Å²) in [6.45, 7) is 5.20. The van der Waals surface area contributed by atoms with Crippen LogP contribution in [0.15, 0.2) is 28.7 Å². The molecule has 6 heteroatoms. The maximum atomic E-state index is 13.5. The molecule has 0 unspecified atom stereocenters. The Morgan fingerprint density at radius 2 is 2.21 bits per heavy atom. The zero-order chi connectivity index (χ0) is 17.2. The number of aryl methyl sites for hydroxylation is 1. The second-order valence-corrected chi connectivity index (χ2v) is 6.48. The summed E-state index contributed by atoms with van der Waals surface area (Å²) in [6.07, 6.45) is 6.31. The van der Waals surface area contributed by atoms with Gasteiger partial charge in [-0.2, -0.15) is 5.10 Å². The summed E-state index contributed by atoms with van der Waals surface area (Å²) in [5.74, 6) is -0.264. The highest BCUT2D eigenvalue weighted by Crippen LogP contribution is 2.15. The number of benzene rings is 1. The lowest BCUT2D eigenvalue weighted by Crippen LogP contribution is -2.01. The SMILES string of the molecule is CCCCCCOCc1cc(F)ccc1C=NNc1nc(C)cs1. The van der Waals surface area contributed by atoms with E-state index in [1.54, 1.807) is 12.3 Å². The zero-order valence-electron chi connectivity index (χ0n) is 14.2. The summed E-state index contributed by atoms with van der Waals surface area (Å²) >= 11 is 1.49. The molecule has 0 radical (unpaired) electrons. The van der Waals surface area contributed by atoms with E-state index < -0.39 is 0 Å². The minimum atomic E-state index is -0.264. The van der Waals surface area contributed by atoms with Crippen LogP contribution >= 0.6 is 11.3 Å². The Morgan fingerprint density at radius 1 is 1.33 bits per heavy atom. The van der Waals surface area contributed by atoms with E-state index in [2.05, 4.69) is 22.4 Å². The van der Waals surface area contributed by atoms with Gasteiger partial charge >= 0.3 is 0 Å². The van der Waals surface area contributed by atoms with Crippen LogP contribution in [0.2, 0.25) is 0 Å². The van der Waals surface area contributed by atoms with E-state index in [-0.39, 0.29) is 5.82 Å². The molecule has 130 valence electrons. The lowest BCUT2D eigenvalue weighted by atomic mass is 10.1. The van der Waals surface area contributed by atoms with Gasteiger partial charge in [-0.15, -0.1) is 11.3 Å². The van der Waals surface area contributed by atoms with Crippen molar-refractivity contribution in [2.24, 2.45) is 5.10 Å². The number of unbranched alkanes of at least 4 members (excludes halogenated alkanes) is 3. The summed E-state index contributed by atoms with van der Waals surface area (Å²) < 4.78 is 19.2. The first-order valence-electron chi connectivity index (χ1n) is 8.26. The number of aromatic nitrogens is 1. The third-order valence-electron chi connectivity index (χ3n) is 3.49. The van der Waals surface area contributed by atoms with E-state index in [0.717, 1.165) is 28.4 Å². The Kier molecular flexibility index (Phi) is 7.85. The molecule has 24 heavy (non-hydrogen) atoms. The molecule has 0 saturated heterocycles. The minimum Gasteiger partial charge on any atom is -0.377 e. The van der Waals surface area contributed by atoms with Crippen LogP contribution in [0.1, 0.15) is 49.4 Å². The minimum absolute atomic E-state index is 0.264. The Hall–Kier alpha value is -1.79. The zero-order valence-corrected chi connectivity index (χ0v) is 15.0. The smallest absolute Gasteiger partial charge is 0.203 e. The van der Waals surface area contributed by atoms with Crippen molar-refractivity contribution in [3.05, 3.63) is 46.2 Å². The molecule has 1 aromatic carbocycles. The van der Waals surface area contributed by atoms with Gasteiger partial charge in [-0.25, -0.2) is 9.37 Å². The van der Waals surface area contributed by atoms with Crippen molar-refractivity contribution >= 4 is 22.7 Å². The van der Waals surface area contributed by atoms with Gasteiger partial charge in [0.1, 0.15) is 5.82 Å². The molecule has 0 aliphatic carbocycles. The third kappa shape index (κ3) is 6.37. The van der Waals surface area contributed by atoms with Gasteiger partial charge < -0.3 is 4.74 Å². The van der Waals surface area contributed by atoms with Crippen molar-refractivity contribution in [1.82, 2.24) is 4.98 Å². The van der Waals surface area contributed by atoms with E-state index in [9.17, 15) is 4.39 Å². The number of halogens is 1. The van der Waals surface area contributed by atoms with Gasteiger partial charge in [0.2, 0.25) is 5.13 Å². The lowest BCUT2D eigenvalue weighted by molar-refractivity contribution is 0.116. The number of hydrogen-bond acceptors (Lipinski definition) is 5. The Bertz CT molecular complexity index is 657. The van der Waals surface area contributed by atoms with Crippen molar-refractivity contribution in [2.45, 2.75) is 46.1 Å². The van der Waals surface area contributed by atoms with Crippen LogP contribution in [-0.4, -0.2) is 17.8 Å². The molecule has 0 atom stereocenters. The molecule has 1 N–H and O–H groups in total. The second-order valence-electron chi connectivity index (χ2n) is 5.62. The molecule has 0 bridgehead atoms. The van der Waals surface area contributed by atoms with Crippen molar-refractivity contribution in [1.29, 1.82) is 0 Å². The Labute approximate surface area is 146 Å². The molecule has 0 amide bonds. The maximum absolute atomic E-state index is 13.5. The highest BCUT2D eigenvalue weighted by molar-refractivity contribution is 7.13. The molecule has 0 saturated carbocycles. The number of nitrogens with one attached hydrogen (secondary N) is 1. The molecule has 0 aliphatic rings. The molecule has 0 aliphatic heterocycles. The van der Waals surface area contributed by atoms with E-state index >= 15 is 0 Å². The van der Waals surface area contributed by atoms with Crippen LogP contribution in [0.25, 0.3) is 0 Å². The number of nitrogens with zero attached hydrogens (tertiary/aromatic N) is 2. The summed E-state index contributed by atoms with van der Waals surface area (Å²) in [6, 6.07) is 4.64. The molecular weight excluding hydrogens is 325 g/mol. The largest absolute Gasteiger partial charge is 0.377 e. The van der Waals surface area contributed by atoms with Gasteiger partial charge in [0.15, 0.2) is 0 Å². The molecule has 0 spiro atoms. The molecule has 2 rings (SSSR count). The van der Waals surface area contributed by atoms with Gasteiger partial charge in [-0.3, -0.25) is 5.43 Å². The fraction of sp³-hybridized carbons (Fsp3) is 0.444. The fourth-order valence-corrected chi connectivity index (χ4v) is 2.84. The highest BCUT2D eigenvalue weighted by Gasteiger charge is 2.03. The average molecular weight is 349 g/mol. The molecule has 1 aromatic heterocycles. The molecule has 4 nitrogen and oxygen atoms in total. The summed E-state index contributed by atoms with van der Waals surface area (Å²) in [7, 11) is 0. The molecule has 0 fully saturated rings. The first-order valence-corrected chi connectivity index (χ1v) is 9.14. The van der Waals surface area contributed by atoms with Gasteiger partial charge in [0.25, 0.3) is 0 Å². The lowest BCUT2D eigenvalue weighted by Gasteiger charge is -2.08. The van der Waals surface area contributed by atoms with E-state index in [4.69, 9.17) is 4.74 Å². The van der Waals surface area contributed by atoms with E-state index in [0.29, 0.717) is 13.2 Å². The second kappa shape index (κ2) is 10.2. The normalized spacial score (nSPS) is 11.3. The van der Waals surface area contributed by atoms with Gasteiger partial charge in [0.05, 0.1) is 18.5 Å². The monoisotopic (exact) mass is 349 g/mol. The number of ether oxygens (including phenoxy) is 1. The van der Waals surface area contributed by atoms with Crippen LogP contribution < -0.4 is 5.43 Å². The summed E-state index contributed by atoms with van der Waals surface area (Å²) in [5, 5.41) is 6.87. The Morgan fingerprint density at radius 3 is 2.96 bits per heavy atom. The van der Waals surface area contributed by atoms with E-state index in [1.807, 2.05) is 12.3 Å². The maximum Gasteiger partial charge on any atom is 0.203 e.